The van der Waals surface area contributed by atoms with Crippen molar-refractivity contribution in [3.8, 4) is 10.4 Å². The van der Waals surface area contributed by atoms with Gasteiger partial charge >= 0.3 is 12.1 Å². The Bertz CT molecular complexity index is 1200. The fraction of sp³-hybridized carbons (Fsp3) is 0.200. The Hall–Kier alpha value is -3.11. The molecule has 0 spiro atoms. The molecule has 0 saturated heterocycles. The van der Waals surface area contributed by atoms with Crippen molar-refractivity contribution in [2.45, 2.75) is 25.7 Å². The minimum Gasteiger partial charge on any atom is -0.464 e. The van der Waals surface area contributed by atoms with Crippen LogP contribution in [0.2, 0.25) is 0 Å². The van der Waals surface area contributed by atoms with Crippen LogP contribution in [0.25, 0.3) is 10.4 Å². The van der Waals surface area contributed by atoms with Gasteiger partial charge in [0.2, 0.25) is 0 Å². The summed E-state index contributed by atoms with van der Waals surface area (Å²) in [6, 6.07) is 10.7. The lowest BCUT2D eigenvalue weighted by atomic mass is 10.2. The van der Waals surface area contributed by atoms with Crippen LogP contribution in [-0.4, -0.2) is 37.2 Å². The largest absolute Gasteiger partial charge is 0.464 e. The van der Waals surface area contributed by atoms with E-state index in [4.69, 9.17) is 4.74 Å². The first-order valence-corrected chi connectivity index (χ1v) is 11.3. The molecule has 2 heterocycles. The fourth-order valence-electron chi connectivity index (χ4n) is 3.16. The lowest BCUT2D eigenvalue weighted by Gasteiger charge is -2.18. The number of benzene rings is 1. The zero-order valence-electron chi connectivity index (χ0n) is 16.5. The molecule has 2 N–H and O–H groups in total. The standard InChI is InChI=1S/C20H20N2O6S2/c1-4-28-19(23)17-12(2)21-13(3)18(17)30(26,27)22(20(24)25)15-10-16(29-11-15)14-8-6-5-7-9-14/h5-11,21H,4H2,1-3H3,(H,24,25). The Morgan fingerprint density at radius 1 is 1.17 bits per heavy atom. The first-order valence-electron chi connectivity index (χ1n) is 8.97. The lowest BCUT2D eigenvalue weighted by molar-refractivity contribution is 0.0521. The molecule has 3 aromatic rings. The molecule has 1 aromatic carbocycles. The summed E-state index contributed by atoms with van der Waals surface area (Å²) >= 11 is 1.22. The van der Waals surface area contributed by atoms with Crippen LogP contribution < -0.4 is 4.31 Å². The van der Waals surface area contributed by atoms with E-state index >= 15 is 0 Å². The van der Waals surface area contributed by atoms with Gasteiger partial charge in [0.05, 0.1) is 12.3 Å². The molecule has 1 amide bonds. The van der Waals surface area contributed by atoms with Crippen molar-refractivity contribution >= 4 is 39.1 Å². The van der Waals surface area contributed by atoms with E-state index < -0.39 is 27.0 Å². The maximum Gasteiger partial charge on any atom is 0.426 e. The molecule has 0 radical (unpaired) electrons. The summed E-state index contributed by atoms with van der Waals surface area (Å²) in [7, 11) is -4.62. The van der Waals surface area contributed by atoms with Crippen LogP contribution in [0.1, 0.15) is 28.7 Å². The number of rotatable bonds is 6. The van der Waals surface area contributed by atoms with E-state index in [-0.39, 0.29) is 33.6 Å². The van der Waals surface area contributed by atoms with Crippen LogP contribution in [0.3, 0.4) is 0 Å². The van der Waals surface area contributed by atoms with Gasteiger partial charge in [0.15, 0.2) is 0 Å². The Balaban J connectivity index is 2.14. The van der Waals surface area contributed by atoms with Gasteiger partial charge in [-0.1, -0.05) is 30.3 Å². The molecule has 0 aliphatic rings. The molecular formula is C20H20N2O6S2. The number of nitrogens with one attached hydrogen (secondary N) is 1. The monoisotopic (exact) mass is 448 g/mol. The number of nitrogens with zero attached hydrogens (tertiary/aromatic N) is 1. The smallest absolute Gasteiger partial charge is 0.426 e. The predicted molar refractivity (Wildman–Crippen MR) is 114 cm³/mol. The number of esters is 1. The van der Waals surface area contributed by atoms with Crippen LogP contribution in [0.5, 0.6) is 0 Å². The van der Waals surface area contributed by atoms with Gasteiger partial charge in [0.1, 0.15) is 10.5 Å². The SMILES string of the molecule is CCOC(=O)c1c(C)[nH]c(C)c1S(=O)(=O)N(C(=O)O)c1csc(-c2ccccc2)c1. The first kappa shape index (κ1) is 21.6. The Labute approximate surface area is 177 Å². The second-order valence-corrected chi connectivity index (χ2v) is 9.02. The van der Waals surface area contributed by atoms with Crippen LogP contribution in [0.4, 0.5) is 10.5 Å². The second kappa shape index (κ2) is 8.33. The van der Waals surface area contributed by atoms with Crippen LogP contribution in [0, 0.1) is 13.8 Å². The third kappa shape index (κ3) is 3.83. The molecule has 8 nitrogen and oxygen atoms in total. The predicted octanol–water partition coefficient (Wildman–Crippen LogP) is 4.41. The maximum atomic E-state index is 13.4. The average Bonchev–Trinajstić information content (AvgIpc) is 3.26. The molecule has 10 heteroatoms. The molecule has 0 atom stereocenters. The van der Waals surface area contributed by atoms with E-state index in [9.17, 15) is 23.1 Å². The highest BCUT2D eigenvalue weighted by Crippen LogP contribution is 2.36. The first-order chi connectivity index (χ1) is 14.2. The number of anilines is 1. The highest BCUT2D eigenvalue weighted by molar-refractivity contribution is 7.93. The molecule has 0 saturated carbocycles. The zero-order valence-corrected chi connectivity index (χ0v) is 18.1. The van der Waals surface area contributed by atoms with Crippen molar-refractivity contribution in [3.05, 3.63) is 58.7 Å². The summed E-state index contributed by atoms with van der Waals surface area (Å²) in [5.41, 5.74) is 1.04. The van der Waals surface area contributed by atoms with Gasteiger partial charge in [-0.25, -0.2) is 18.0 Å². The van der Waals surface area contributed by atoms with Crippen molar-refractivity contribution in [3.63, 3.8) is 0 Å². The minimum atomic E-state index is -4.62. The van der Waals surface area contributed by atoms with Crippen molar-refractivity contribution in [2.24, 2.45) is 0 Å². The number of sulfonamides is 1. The molecular weight excluding hydrogens is 428 g/mol. The van der Waals surface area contributed by atoms with Gasteiger partial charge in [-0.15, -0.1) is 11.3 Å². The number of aromatic amines is 1. The highest BCUT2D eigenvalue weighted by atomic mass is 32.2. The molecule has 0 unspecified atom stereocenters. The zero-order chi connectivity index (χ0) is 22.1. The number of carbonyl (C=O) groups excluding carboxylic acids is 1. The summed E-state index contributed by atoms with van der Waals surface area (Å²) < 4.78 is 32.1. The lowest BCUT2D eigenvalue weighted by Crippen LogP contribution is -2.36. The van der Waals surface area contributed by atoms with Gasteiger partial charge in [-0.3, -0.25) is 0 Å². The van der Waals surface area contributed by atoms with E-state index in [0.29, 0.717) is 4.88 Å². The number of H-pyrrole nitrogens is 1. The van der Waals surface area contributed by atoms with Crippen molar-refractivity contribution in [1.82, 2.24) is 4.98 Å². The van der Waals surface area contributed by atoms with Crippen molar-refractivity contribution in [2.75, 3.05) is 10.9 Å². The molecule has 30 heavy (non-hydrogen) atoms. The summed E-state index contributed by atoms with van der Waals surface area (Å²) in [4.78, 5) is 27.5. The van der Waals surface area contributed by atoms with E-state index in [0.717, 1.165) is 5.56 Å². The number of amides is 1. The number of carboxylic acid groups (broad SMARTS) is 1. The van der Waals surface area contributed by atoms with E-state index in [1.165, 1.54) is 36.6 Å². The van der Waals surface area contributed by atoms with E-state index in [1.807, 2.05) is 30.3 Å². The van der Waals surface area contributed by atoms with Gasteiger partial charge < -0.3 is 14.8 Å². The Kier molecular flexibility index (Phi) is 5.99. The normalized spacial score (nSPS) is 11.3. The van der Waals surface area contributed by atoms with Crippen LogP contribution in [0.15, 0.2) is 46.7 Å². The van der Waals surface area contributed by atoms with E-state index in [1.54, 1.807) is 6.92 Å². The summed E-state index contributed by atoms with van der Waals surface area (Å²) in [6.07, 6.45) is -1.68. The molecule has 0 fully saturated rings. The Morgan fingerprint density at radius 2 is 1.83 bits per heavy atom. The van der Waals surface area contributed by atoms with Gasteiger partial charge in [0.25, 0.3) is 10.0 Å². The molecule has 158 valence electrons. The van der Waals surface area contributed by atoms with Gasteiger partial charge in [-0.05, 0) is 32.4 Å². The number of aromatic nitrogens is 1. The third-order valence-electron chi connectivity index (χ3n) is 4.35. The quantitative estimate of drug-likeness (QED) is 0.540. The number of carbonyl (C=O) groups is 2. The van der Waals surface area contributed by atoms with Crippen molar-refractivity contribution in [1.29, 1.82) is 0 Å². The number of hydrogen-bond donors (Lipinski definition) is 2. The number of hydrogen-bond acceptors (Lipinski definition) is 6. The molecule has 3 rings (SSSR count). The van der Waals surface area contributed by atoms with Gasteiger partial charge in [0, 0.05) is 21.6 Å². The summed E-state index contributed by atoms with van der Waals surface area (Å²) in [5, 5.41) is 11.2. The van der Waals surface area contributed by atoms with Crippen molar-refractivity contribution < 1.29 is 27.9 Å². The topological polar surface area (TPSA) is 117 Å². The average molecular weight is 449 g/mol. The minimum absolute atomic E-state index is 0.0283. The second-order valence-electron chi connectivity index (χ2n) is 6.39. The number of ether oxygens (including phenoxy) is 1. The highest BCUT2D eigenvalue weighted by Gasteiger charge is 2.38. The fourth-order valence-corrected chi connectivity index (χ4v) is 5.81. The summed E-state index contributed by atoms with van der Waals surface area (Å²) in [6.45, 7) is 4.64. The van der Waals surface area contributed by atoms with Crippen LogP contribution >= 0.6 is 11.3 Å². The third-order valence-corrected chi connectivity index (χ3v) is 7.19. The van der Waals surface area contributed by atoms with E-state index in [2.05, 4.69) is 4.98 Å². The van der Waals surface area contributed by atoms with Crippen LogP contribution in [-0.2, 0) is 14.8 Å². The summed E-state index contributed by atoms with van der Waals surface area (Å²) in [5.74, 6) is -0.835. The molecule has 0 aliphatic carbocycles. The number of aryl methyl sites for hydroxylation is 2. The van der Waals surface area contributed by atoms with Gasteiger partial charge in [-0.2, -0.15) is 4.31 Å². The Morgan fingerprint density at radius 3 is 2.43 bits per heavy atom. The molecule has 0 aliphatic heterocycles. The number of thiophene rings is 1. The molecule has 0 bridgehead atoms. The molecule has 2 aromatic heterocycles. The maximum absolute atomic E-state index is 13.4.